The van der Waals surface area contributed by atoms with Crippen molar-refractivity contribution in [2.75, 3.05) is 0 Å². The molecular weight excluding hydrogens is 251 g/mol. The first kappa shape index (κ1) is 13.2. The first-order chi connectivity index (χ1) is 9.72. The van der Waals surface area contributed by atoms with Crippen LogP contribution in [0.1, 0.15) is 23.1 Å². The molecule has 0 radical (unpaired) electrons. The Morgan fingerprint density at radius 3 is 2.45 bits per heavy atom. The van der Waals surface area contributed by atoms with E-state index >= 15 is 0 Å². The number of rotatable bonds is 4. The summed E-state index contributed by atoms with van der Waals surface area (Å²) in [4.78, 5) is 0. The fourth-order valence-corrected chi connectivity index (χ4v) is 2.62. The molecule has 0 bridgehead atoms. The Morgan fingerprint density at radius 1 is 0.950 bits per heavy atom. The molecule has 20 heavy (non-hydrogen) atoms. The Balaban J connectivity index is 1.64. The molecule has 0 unspecified atom stereocenters. The van der Waals surface area contributed by atoms with Crippen molar-refractivity contribution in [1.29, 1.82) is 0 Å². The van der Waals surface area contributed by atoms with Crippen molar-refractivity contribution in [3.05, 3.63) is 59.2 Å². The number of fused-ring (bicyclic) bond motifs is 1. The van der Waals surface area contributed by atoms with Crippen molar-refractivity contribution < 1.29 is 14.8 Å². The minimum atomic E-state index is -1.43. The highest BCUT2D eigenvalue weighted by Gasteiger charge is 2.12. The molecule has 0 heterocycles. The molecule has 2 N–H and O–H groups in total. The van der Waals surface area contributed by atoms with Crippen molar-refractivity contribution in [2.24, 2.45) is 0 Å². The smallest absolute Gasteiger partial charge is 0.488 e. The van der Waals surface area contributed by atoms with Gasteiger partial charge in [-0.15, -0.1) is 0 Å². The van der Waals surface area contributed by atoms with E-state index in [4.69, 9.17) is 14.8 Å². The minimum absolute atomic E-state index is 0.467. The normalized spacial score (nSPS) is 13.1. The van der Waals surface area contributed by atoms with Crippen LogP contribution in [0.25, 0.3) is 0 Å². The van der Waals surface area contributed by atoms with Crippen LogP contribution in [0.15, 0.2) is 42.5 Å². The van der Waals surface area contributed by atoms with Gasteiger partial charge in [0.1, 0.15) is 12.4 Å². The third kappa shape index (κ3) is 2.87. The predicted octanol–water partition coefficient (Wildman–Crippen LogP) is 1.43. The fraction of sp³-hybridized carbons (Fsp3) is 0.250. The Labute approximate surface area is 119 Å². The highest BCUT2D eigenvalue weighted by molar-refractivity contribution is 6.58. The molecule has 102 valence electrons. The number of hydrogen-bond acceptors (Lipinski definition) is 3. The second-order valence-electron chi connectivity index (χ2n) is 5.19. The van der Waals surface area contributed by atoms with Crippen molar-refractivity contribution in [3.8, 4) is 5.75 Å². The molecule has 0 amide bonds. The minimum Gasteiger partial charge on any atom is -0.489 e. The third-order valence-corrected chi connectivity index (χ3v) is 3.75. The summed E-state index contributed by atoms with van der Waals surface area (Å²) in [6, 6.07) is 13.4. The van der Waals surface area contributed by atoms with Crippen molar-refractivity contribution in [1.82, 2.24) is 0 Å². The number of ether oxygens (including phenoxy) is 1. The first-order valence-corrected chi connectivity index (χ1v) is 6.92. The van der Waals surface area contributed by atoms with Crippen LogP contribution >= 0.6 is 0 Å². The number of hydrogen-bond donors (Lipinski definition) is 2. The third-order valence-electron chi connectivity index (χ3n) is 3.75. The van der Waals surface area contributed by atoms with Gasteiger partial charge < -0.3 is 14.8 Å². The molecule has 2 aromatic rings. The van der Waals surface area contributed by atoms with Crippen LogP contribution in [0, 0.1) is 0 Å². The summed E-state index contributed by atoms with van der Waals surface area (Å²) in [5.41, 5.74) is 4.56. The highest BCUT2D eigenvalue weighted by Crippen LogP contribution is 2.23. The van der Waals surface area contributed by atoms with E-state index in [2.05, 4.69) is 18.2 Å². The van der Waals surface area contributed by atoms with Gasteiger partial charge in [0.15, 0.2) is 0 Å². The van der Waals surface area contributed by atoms with E-state index in [1.54, 1.807) is 24.3 Å². The SMILES string of the molecule is OB(O)c1ccc(OCc2ccc3c(c2)CCC3)cc1. The maximum atomic E-state index is 9.03. The zero-order valence-corrected chi connectivity index (χ0v) is 11.2. The molecule has 3 nitrogen and oxygen atoms in total. The summed E-state index contributed by atoms with van der Waals surface area (Å²) in [5, 5.41) is 18.1. The number of aryl methyl sites for hydroxylation is 2. The summed E-state index contributed by atoms with van der Waals surface area (Å²) in [5.74, 6) is 0.731. The molecule has 4 heteroatoms. The van der Waals surface area contributed by atoms with Gasteiger partial charge in [-0.2, -0.15) is 0 Å². The lowest BCUT2D eigenvalue weighted by molar-refractivity contribution is 0.306. The van der Waals surface area contributed by atoms with E-state index in [1.165, 1.54) is 36.0 Å². The van der Waals surface area contributed by atoms with Gasteiger partial charge in [0.2, 0.25) is 0 Å². The summed E-state index contributed by atoms with van der Waals surface area (Å²) < 4.78 is 5.72. The monoisotopic (exact) mass is 268 g/mol. The van der Waals surface area contributed by atoms with Gasteiger partial charge in [0, 0.05) is 0 Å². The molecule has 0 aliphatic heterocycles. The molecule has 1 aliphatic rings. The van der Waals surface area contributed by atoms with E-state index in [1.807, 2.05) is 0 Å². The second-order valence-corrected chi connectivity index (χ2v) is 5.19. The maximum absolute atomic E-state index is 9.03. The quantitative estimate of drug-likeness (QED) is 0.825. The van der Waals surface area contributed by atoms with Crippen LogP contribution < -0.4 is 10.2 Å². The average molecular weight is 268 g/mol. The summed E-state index contributed by atoms with van der Waals surface area (Å²) in [7, 11) is -1.43. The first-order valence-electron chi connectivity index (χ1n) is 6.92. The van der Waals surface area contributed by atoms with Crippen LogP contribution in [-0.4, -0.2) is 17.2 Å². The van der Waals surface area contributed by atoms with Crippen LogP contribution in [0.4, 0.5) is 0 Å². The average Bonchev–Trinajstić information content (AvgIpc) is 2.93. The molecule has 0 fully saturated rings. The molecule has 0 aromatic heterocycles. The van der Waals surface area contributed by atoms with Gasteiger partial charge in [0.25, 0.3) is 0 Å². The number of benzene rings is 2. The molecule has 0 spiro atoms. The largest absolute Gasteiger partial charge is 0.489 e. The summed E-state index contributed by atoms with van der Waals surface area (Å²) in [6.07, 6.45) is 3.62. The van der Waals surface area contributed by atoms with Crippen LogP contribution in [0.2, 0.25) is 0 Å². The highest BCUT2D eigenvalue weighted by atomic mass is 16.5. The zero-order chi connectivity index (χ0) is 13.9. The molecule has 0 atom stereocenters. The van der Waals surface area contributed by atoms with E-state index in [-0.39, 0.29) is 0 Å². The van der Waals surface area contributed by atoms with Gasteiger partial charge in [-0.25, -0.2) is 0 Å². The lowest BCUT2D eigenvalue weighted by Gasteiger charge is -2.08. The van der Waals surface area contributed by atoms with Crippen molar-refractivity contribution in [3.63, 3.8) is 0 Å². The van der Waals surface area contributed by atoms with Crippen LogP contribution in [-0.2, 0) is 19.4 Å². The lowest BCUT2D eigenvalue weighted by Crippen LogP contribution is -2.29. The van der Waals surface area contributed by atoms with E-state index in [9.17, 15) is 0 Å². The van der Waals surface area contributed by atoms with E-state index in [0.717, 1.165) is 5.75 Å². The van der Waals surface area contributed by atoms with E-state index in [0.29, 0.717) is 12.1 Å². The Kier molecular flexibility index (Phi) is 3.76. The predicted molar refractivity (Wildman–Crippen MR) is 79.1 cm³/mol. The molecule has 0 saturated carbocycles. The second kappa shape index (κ2) is 5.69. The molecule has 2 aromatic carbocycles. The topological polar surface area (TPSA) is 49.7 Å². The Hall–Kier alpha value is -1.78. The Morgan fingerprint density at radius 2 is 1.70 bits per heavy atom. The van der Waals surface area contributed by atoms with Gasteiger partial charge >= 0.3 is 7.12 Å². The summed E-state index contributed by atoms with van der Waals surface area (Å²) >= 11 is 0. The zero-order valence-electron chi connectivity index (χ0n) is 11.2. The van der Waals surface area contributed by atoms with Crippen LogP contribution in [0.3, 0.4) is 0 Å². The molecule has 1 aliphatic carbocycles. The van der Waals surface area contributed by atoms with Crippen molar-refractivity contribution >= 4 is 12.6 Å². The van der Waals surface area contributed by atoms with Crippen LogP contribution in [0.5, 0.6) is 5.75 Å². The van der Waals surface area contributed by atoms with Gasteiger partial charge in [-0.05, 0) is 53.5 Å². The molecule has 0 saturated heterocycles. The summed E-state index contributed by atoms with van der Waals surface area (Å²) in [6.45, 7) is 0.536. The maximum Gasteiger partial charge on any atom is 0.488 e. The fourth-order valence-electron chi connectivity index (χ4n) is 2.62. The Bertz CT molecular complexity index is 593. The van der Waals surface area contributed by atoms with E-state index < -0.39 is 7.12 Å². The van der Waals surface area contributed by atoms with Crippen molar-refractivity contribution in [2.45, 2.75) is 25.9 Å². The van der Waals surface area contributed by atoms with Gasteiger partial charge in [-0.1, -0.05) is 30.3 Å². The molecule has 3 rings (SSSR count). The standard InChI is InChI=1S/C16H17BO3/c18-17(19)15-6-8-16(9-7-15)20-11-12-4-5-13-2-1-3-14(13)10-12/h4-10,18-19H,1-3,11H2. The van der Waals surface area contributed by atoms with Gasteiger partial charge in [0.05, 0.1) is 0 Å². The molecular formula is C16H17BO3. The lowest BCUT2D eigenvalue weighted by atomic mass is 9.80. The van der Waals surface area contributed by atoms with Gasteiger partial charge in [-0.3, -0.25) is 0 Å².